The van der Waals surface area contributed by atoms with Crippen LogP contribution in [-0.2, 0) is 95.4 Å². The van der Waals surface area contributed by atoms with Crippen molar-refractivity contribution in [1.82, 2.24) is 40.9 Å². The highest BCUT2D eigenvalue weighted by molar-refractivity contribution is 7.91. The van der Waals surface area contributed by atoms with Crippen molar-refractivity contribution in [2.45, 2.75) is 92.7 Å². The number of nitrogens with zero attached hydrogens (tertiary/aromatic N) is 6. The summed E-state index contributed by atoms with van der Waals surface area (Å²) in [5, 5.41) is 58.0. The maximum atomic E-state index is 13.9. The molecule has 0 unspecified atom stereocenters. The van der Waals surface area contributed by atoms with Crippen molar-refractivity contribution in [2.75, 3.05) is 51.8 Å². The average molecular weight is 1840 g/mol. The van der Waals surface area contributed by atoms with Crippen LogP contribution < -0.4 is 21.3 Å². The fourth-order valence-electron chi connectivity index (χ4n) is 13.4. The van der Waals surface area contributed by atoms with Crippen molar-refractivity contribution in [3.63, 3.8) is 0 Å². The Morgan fingerprint density at radius 2 is 1.01 bits per heavy atom. The lowest BCUT2D eigenvalue weighted by Gasteiger charge is -2.30. The number of carboxylic acids is 3. The van der Waals surface area contributed by atoms with Gasteiger partial charge in [0.25, 0.3) is 23.6 Å². The summed E-state index contributed by atoms with van der Waals surface area (Å²) >= 11 is 44.9. The minimum absolute atomic E-state index is 0.00598. The summed E-state index contributed by atoms with van der Waals surface area (Å²) in [5.41, 5.74) is 4.47. The third-order valence-corrected chi connectivity index (χ3v) is 24.1. The van der Waals surface area contributed by atoms with Crippen LogP contribution >= 0.6 is 81.2 Å². The number of rotatable bonds is 22. The van der Waals surface area contributed by atoms with E-state index < -0.39 is 91.0 Å². The van der Waals surface area contributed by atoms with Gasteiger partial charge in [0.05, 0.1) is 58.3 Å². The van der Waals surface area contributed by atoms with E-state index in [0.717, 1.165) is 49.6 Å². The fraction of sp³-hybridized carbons (Fsp3) is 0.256. The predicted molar refractivity (Wildman–Crippen MR) is 447 cm³/mol. The first-order chi connectivity index (χ1) is 57.3. The number of sulfone groups is 2. The van der Waals surface area contributed by atoms with Gasteiger partial charge < -0.3 is 60.4 Å². The molecule has 12 rings (SSSR count). The summed E-state index contributed by atoms with van der Waals surface area (Å²) in [7, 11) is -7.14. The number of benzene rings is 7. The van der Waals surface area contributed by atoms with E-state index in [2.05, 4.69) is 26.3 Å². The van der Waals surface area contributed by atoms with E-state index in [1.807, 2.05) is 4.90 Å². The minimum atomic E-state index is -3.62. The van der Waals surface area contributed by atoms with Crippen LogP contribution in [0.25, 0.3) is 12.2 Å². The highest BCUT2D eigenvalue weighted by Gasteiger charge is 2.35. The van der Waals surface area contributed by atoms with E-state index in [4.69, 9.17) is 90.9 Å². The fourth-order valence-corrected chi connectivity index (χ4v) is 17.1. The number of nitriles is 1. The largest absolute Gasteiger partial charge is 0.507 e. The van der Waals surface area contributed by atoms with Crippen molar-refractivity contribution in [3.8, 4) is 11.9 Å². The molecule has 28 nitrogen and oxygen atoms in total. The lowest BCUT2D eigenvalue weighted by molar-refractivity contribution is -0.140. The Morgan fingerprint density at radius 1 is 0.545 bits per heavy atom. The normalized spacial score (nSPS) is 14.6. The number of likely N-dealkylation sites (tertiary alicyclic amines) is 1. The number of carbonyl (C=O) groups excluding carboxylic acids is 6. The number of nitrogens with one attached hydrogen (secondary N) is 4. The molecule has 3 atom stereocenters. The molecule has 0 bridgehead atoms. The average Bonchev–Trinajstić information content (AvgIpc) is 0.885. The molecule has 5 heterocycles. The molecule has 634 valence electrons. The zero-order chi connectivity index (χ0) is 88.1. The number of phenols is 1. The summed E-state index contributed by atoms with van der Waals surface area (Å²) in [6, 6.07) is 25.2. The number of carboxylic acid groups (broad SMARTS) is 3. The Morgan fingerprint density at radius 3 is 1.48 bits per heavy atom. The molecule has 4 aliphatic rings. The first kappa shape index (κ1) is 92.2. The first-order valence-electron chi connectivity index (χ1n) is 36.6. The Balaban J connectivity index is 0.000000191. The van der Waals surface area contributed by atoms with E-state index >= 15 is 0 Å². The monoisotopic (exact) mass is 1830 g/mol. The van der Waals surface area contributed by atoms with Crippen LogP contribution in [0.2, 0.25) is 35.2 Å². The second-order valence-electron chi connectivity index (χ2n) is 27.9. The zero-order valence-corrected chi connectivity index (χ0v) is 70.7. The Bertz CT molecular complexity index is 5810. The third kappa shape index (κ3) is 23.3. The maximum absolute atomic E-state index is 13.9. The van der Waals surface area contributed by atoms with Gasteiger partial charge in [-0.3, -0.25) is 34.1 Å². The number of amides is 6. The molecular weight excluding hydrogens is 1760 g/mol. The van der Waals surface area contributed by atoms with Crippen molar-refractivity contribution in [2.24, 2.45) is 4.99 Å². The number of aliphatic imine (C=N–C) groups is 1. The number of fused-ring (bicyclic) bond motifs is 3. The summed E-state index contributed by atoms with van der Waals surface area (Å²) in [5.74, 6) is -8.64. The highest BCUT2D eigenvalue weighted by atomic mass is 35.5. The van der Waals surface area contributed by atoms with Crippen LogP contribution in [0.3, 0.4) is 0 Å². The van der Waals surface area contributed by atoms with Crippen molar-refractivity contribution in [1.29, 1.82) is 5.26 Å². The number of phenolic OH excluding ortho intramolecular Hbond substituents is 1. The van der Waals surface area contributed by atoms with Gasteiger partial charge >= 0.3 is 17.9 Å². The zero-order valence-electron chi connectivity index (χ0n) is 63.8. The van der Waals surface area contributed by atoms with Gasteiger partial charge in [-0.2, -0.15) is 5.26 Å². The summed E-state index contributed by atoms with van der Waals surface area (Å²) in [4.78, 5) is 124. The van der Waals surface area contributed by atoms with Crippen LogP contribution in [0, 0.1) is 23.1 Å². The molecule has 6 amide bonds. The number of hydrogen-bond acceptors (Lipinski definition) is 17. The number of hydrogen-bond donors (Lipinski definition) is 8. The molecule has 1 aromatic heterocycles. The molecule has 7 aromatic carbocycles. The highest BCUT2D eigenvalue weighted by Crippen LogP contribution is 2.39. The summed E-state index contributed by atoms with van der Waals surface area (Å²) in [6.07, 6.45) is 11.1. The molecule has 8 N–H and O–H groups in total. The first-order valence-corrected chi connectivity index (χ1v) is 43.1. The van der Waals surface area contributed by atoms with E-state index in [1.165, 1.54) is 65.6 Å². The number of carbonyl (C=O) groups is 9. The van der Waals surface area contributed by atoms with Crippen LogP contribution in [-0.4, -0.2) is 186 Å². The van der Waals surface area contributed by atoms with Crippen LogP contribution in [0.4, 0.5) is 8.78 Å². The molecule has 0 radical (unpaired) electrons. The molecule has 8 aromatic rings. The lowest BCUT2D eigenvalue weighted by atomic mass is 9.95. The molecule has 39 heteroatoms. The topological polar surface area (TPSA) is 413 Å². The lowest BCUT2D eigenvalue weighted by Crippen LogP contribution is -2.45. The van der Waals surface area contributed by atoms with Crippen molar-refractivity contribution < 1.29 is 93.6 Å². The maximum Gasteiger partial charge on any atom is 0.328 e. The van der Waals surface area contributed by atoms with Gasteiger partial charge in [0.2, 0.25) is 32.7 Å². The number of para-hydroxylation sites is 1. The number of aromatic hydroxyl groups is 1. The second-order valence-corrected chi connectivity index (χ2v) is 34.7. The molecule has 1 saturated heterocycles. The van der Waals surface area contributed by atoms with Gasteiger partial charge in [0.1, 0.15) is 41.3 Å². The molecule has 4 aliphatic heterocycles. The second kappa shape index (κ2) is 40.5. The smallest absolute Gasteiger partial charge is 0.328 e. The molecular formula is C82H73Cl7F2N10O18S2. The van der Waals surface area contributed by atoms with Crippen LogP contribution in [0.5, 0.6) is 5.75 Å². The van der Waals surface area contributed by atoms with E-state index in [0.29, 0.717) is 94.1 Å². The molecule has 0 spiro atoms. The quantitative estimate of drug-likeness (QED) is 0.0103. The van der Waals surface area contributed by atoms with Gasteiger partial charge in [0.15, 0.2) is 16.0 Å². The minimum Gasteiger partial charge on any atom is -0.507 e. The Hall–Kier alpha value is -11.1. The van der Waals surface area contributed by atoms with Gasteiger partial charge in [-0.05, 0) is 168 Å². The van der Waals surface area contributed by atoms with Crippen LogP contribution in [0.15, 0.2) is 153 Å². The van der Waals surface area contributed by atoms with Gasteiger partial charge in [-0.25, -0.2) is 45.0 Å². The number of halogens is 9. The Labute approximate surface area is 726 Å². The Kier molecular flexibility index (Phi) is 30.9. The molecule has 1 fully saturated rings. The molecule has 0 aliphatic carbocycles. The summed E-state index contributed by atoms with van der Waals surface area (Å²) in [6.45, 7) is 2.41. The van der Waals surface area contributed by atoms with E-state index in [-0.39, 0.29) is 144 Å². The van der Waals surface area contributed by atoms with Crippen molar-refractivity contribution >= 4 is 172 Å². The van der Waals surface area contributed by atoms with Crippen molar-refractivity contribution in [3.05, 3.63) is 258 Å². The van der Waals surface area contributed by atoms with Gasteiger partial charge in [0, 0.05) is 112 Å². The predicted octanol–water partition coefficient (Wildman–Crippen LogP) is 12.0. The SMILES string of the molecule is CS(=O)(=O)c1ccc(C[C@H](NC(=O)c2c(Cl)cc3c(c2Cl)CCN(C(=O)c2ccc(Cl)cc2)C3)C(=O)O)o1.CS(=O)(=O)c1cccc(C[C@H](NC(=O)c2c(Cl)cc3c(c2Cl)CCN(C(=O)/C=C/c2c(F)cccc2F)C3)C(=O)O)c1.N#CNC(=NC[C@H](NC(=O)c1c(Cl)cc2c(c1Cl)CCN(C(=O)/C=C/c1ccccc1O)C2)C(=O)O)N1CCCC1. The number of guanidine groups is 1. The van der Waals surface area contributed by atoms with Crippen LogP contribution in [0.1, 0.15) is 110 Å². The number of aliphatic carboxylic acids is 3. The summed E-state index contributed by atoms with van der Waals surface area (Å²) < 4.78 is 80.0. The number of furan rings is 1. The van der Waals surface area contributed by atoms with Gasteiger partial charge in [-0.15, -0.1) is 0 Å². The third-order valence-electron chi connectivity index (χ3n) is 19.6. The van der Waals surface area contributed by atoms with E-state index in [9.17, 15) is 89.2 Å². The molecule has 0 saturated carbocycles. The van der Waals surface area contributed by atoms with E-state index in [1.54, 1.807) is 76.7 Å². The van der Waals surface area contributed by atoms with Gasteiger partial charge in [-0.1, -0.05) is 118 Å². The standard InChI is InChI=1S/C29H24Cl2F2N2O6S.C28H28Cl2N6O5.C25H21Cl3N2O7S/c1-42(40,41)18-5-2-4-16(12-18)13-24(29(38)39)34-28(37)26-21(30)14-17-15-35(11-10-19(17)27(26)31)25(36)9-8-20-22(32)6-3-7-23(20)33;29-20-13-18-15-36(23(38)8-7-17-5-1-2-6-22(17)37)12-9-19(18)25(30)24(20)26(39)34-21(27(40)41)14-32-28(33-16-31)35-10-3-4-11-35;1-38(35,36)20-7-6-16(37-20)11-19(25(33)34)29-23(31)21-18(27)10-14-12-30(9-8-17(14)22(21)28)24(32)13-2-4-15(26)5-3-13/h2-9,12,14,24H,10-11,13,15H2,1H3,(H,34,37)(H,38,39);1-2,5-8,13,21,37H,3-4,9-12,14-15H2,(H,32,33)(H,34,39)(H,40,41);2-7,10,19H,8-9,11-12H2,1H3,(H,29,31)(H,33,34)/b9-8+;8-7+;/t24-;21-;19-/m000/s1. The molecule has 121 heavy (non-hydrogen) atoms.